The Balaban J connectivity index is 1.44. The van der Waals surface area contributed by atoms with Crippen LogP contribution < -0.4 is 0 Å². The second kappa shape index (κ2) is 8.33. The van der Waals surface area contributed by atoms with E-state index in [0.29, 0.717) is 36.7 Å². The first-order valence-electron chi connectivity index (χ1n) is 11.1. The summed E-state index contributed by atoms with van der Waals surface area (Å²) in [6, 6.07) is 14.3. The number of carbonyl (C=O) groups is 1. The highest BCUT2D eigenvalue weighted by atomic mass is 19.4. The smallest absolute Gasteiger partial charge is 0.314 e. The molecule has 2 aromatic carbocycles. The first-order chi connectivity index (χ1) is 15.8. The fraction of sp³-hybridized carbons (Fsp3) is 0.360. The van der Waals surface area contributed by atoms with Gasteiger partial charge in [0.25, 0.3) is 5.91 Å². The average Bonchev–Trinajstić information content (AvgIpc) is 3.27. The Morgan fingerprint density at radius 1 is 1.03 bits per heavy atom. The van der Waals surface area contributed by atoms with Crippen molar-refractivity contribution in [2.24, 2.45) is 4.99 Å². The van der Waals surface area contributed by atoms with E-state index in [1.165, 1.54) is 16.5 Å². The fourth-order valence-corrected chi connectivity index (χ4v) is 4.86. The van der Waals surface area contributed by atoms with Crippen molar-refractivity contribution in [1.82, 2.24) is 14.7 Å². The zero-order valence-electron chi connectivity index (χ0n) is 18.4. The lowest BCUT2D eigenvalue weighted by Gasteiger charge is -2.42. The number of alkyl halides is 3. The van der Waals surface area contributed by atoms with Gasteiger partial charge >= 0.3 is 6.18 Å². The molecule has 172 valence electrons. The van der Waals surface area contributed by atoms with Crippen LogP contribution in [0.5, 0.6) is 0 Å². The first kappa shape index (κ1) is 21.7. The summed E-state index contributed by atoms with van der Waals surface area (Å²) in [6.45, 7) is 4.68. The van der Waals surface area contributed by atoms with Crippen LogP contribution in [0.25, 0.3) is 0 Å². The van der Waals surface area contributed by atoms with E-state index < -0.39 is 11.7 Å². The Morgan fingerprint density at radius 2 is 1.82 bits per heavy atom. The maximum atomic E-state index is 13.7. The highest BCUT2D eigenvalue weighted by Gasteiger charge is 2.42. The van der Waals surface area contributed by atoms with E-state index in [2.05, 4.69) is 22.0 Å². The number of amides is 1. The number of rotatable bonds is 4. The van der Waals surface area contributed by atoms with Gasteiger partial charge in [0.15, 0.2) is 0 Å². The number of fused-ring (bicyclic) bond motifs is 2. The lowest BCUT2D eigenvalue weighted by Crippen LogP contribution is -2.53. The summed E-state index contributed by atoms with van der Waals surface area (Å²) in [4.78, 5) is 23.7. The molecule has 0 unspecified atom stereocenters. The summed E-state index contributed by atoms with van der Waals surface area (Å²) in [5.74, 6) is 0.234. The van der Waals surface area contributed by atoms with Crippen molar-refractivity contribution in [2.45, 2.75) is 32.6 Å². The van der Waals surface area contributed by atoms with E-state index in [0.717, 1.165) is 31.3 Å². The molecule has 0 saturated heterocycles. The van der Waals surface area contributed by atoms with Gasteiger partial charge in [-0.05, 0) is 24.1 Å². The number of nitrogens with zero attached hydrogens (tertiary/aromatic N) is 4. The van der Waals surface area contributed by atoms with Crippen LogP contribution in [-0.2, 0) is 24.1 Å². The average molecular weight is 454 g/mol. The minimum absolute atomic E-state index is 0.0806. The number of carbonyl (C=O) groups excluding carboxylic acids is 1. The molecule has 3 aliphatic rings. The van der Waals surface area contributed by atoms with Crippen LogP contribution in [-0.4, -0.2) is 52.7 Å². The van der Waals surface area contributed by atoms with Gasteiger partial charge in [-0.2, -0.15) is 13.2 Å². The number of halogens is 3. The van der Waals surface area contributed by atoms with E-state index in [1.54, 1.807) is 13.0 Å². The van der Waals surface area contributed by atoms with Crippen LogP contribution in [0.15, 0.2) is 64.8 Å². The van der Waals surface area contributed by atoms with Gasteiger partial charge in [0.1, 0.15) is 0 Å². The molecule has 0 atom stereocenters. The normalized spacial score (nSPS) is 19.0. The Hall–Kier alpha value is -3.13. The number of guanidine groups is 1. The molecule has 33 heavy (non-hydrogen) atoms. The molecule has 5 nitrogen and oxygen atoms in total. The maximum Gasteiger partial charge on any atom is 0.416 e. The lowest BCUT2D eigenvalue weighted by molar-refractivity contribution is -0.139. The van der Waals surface area contributed by atoms with Gasteiger partial charge in [0.2, 0.25) is 5.96 Å². The summed E-state index contributed by atoms with van der Waals surface area (Å²) < 4.78 is 41.1. The zero-order valence-corrected chi connectivity index (χ0v) is 18.4. The minimum Gasteiger partial charge on any atom is -0.314 e. The molecular weight excluding hydrogens is 429 g/mol. The molecule has 0 aromatic heterocycles. The third kappa shape index (κ3) is 4.15. The van der Waals surface area contributed by atoms with Gasteiger partial charge in [0, 0.05) is 38.3 Å². The number of hydrogen-bond donors (Lipinski definition) is 0. The van der Waals surface area contributed by atoms with E-state index in [9.17, 15) is 18.0 Å². The highest BCUT2D eigenvalue weighted by Crippen LogP contribution is 2.36. The number of hydrogen-bond acceptors (Lipinski definition) is 4. The molecule has 0 N–H and O–H groups in total. The number of benzene rings is 2. The van der Waals surface area contributed by atoms with Crippen molar-refractivity contribution in [1.29, 1.82) is 0 Å². The summed E-state index contributed by atoms with van der Waals surface area (Å²) in [6.07, 6.45) is -3.77. The molecule has 2 aromatic rings. The van der Waals surface area contributed by atoms with E-state index >= 15 is 0 Å². The van der Waals surface area contributed by atoms with Crippen LogP contribution in [0.4, 0.5) is 13.2 Å². The minimum atomic E-state index is -4.49. The van der Waals surface area contributed by atoms with Crippen LogP contribution in [0.3, 0.4) is 0 Å². The Bertz CT molecular complexity index is 1140. The van der Waals surface area contributed by atoms with E-state index in [-0.39, 0.29) is 18.0 Å². The number of aryl methyl sites for hydroxylation is 1. The third-order valence-electron chi connectivity index (χ3n) is 6.43. The Kier molecular flexibility index (Phi) is 5.48. The molecule has 0 radical (unpaired) electrons. The van der Waals surface area contributed by atoms with E-state index in [4.69, 9.17) is 0 Å². The molecule has 0 saturated carbocycles. The lowest BCUT2D eigenvalue weighted by atomic mass is 9.99. The van der Waals surface area contributed by atoms with Gasteiger partial charge in [-0.15, -0.1) is 0 Å². The molecular formula is C25H25F3N4O. The predicted molar refractivity (Wildman–Crippen MR) is 119 cm³/mol. The molecule has 0 spiro atoms. The van der Waals surface area contributed by atoms with Gasteiger partial charge < -0.3 is 4.90 Å². The van der Waals surface area contributed by atoms with Crippen molar-refractivity contribution >= 4 is 11.9 Å². The Labute approximate surface area is 190 Å². The van der Waals surface area contributed by atoms with Gasteiger partial charge in [0.05, 0.1) is 24.2 Å². The fourth-order valence-electron chi connectivity index (χ4n) is 4.86. The molecule has 5 rings (SSSR count). The largest absolute Gasteiger partial charge is 0.416 e. The van der Waals surface area contributed by atoms with Crippen LogP contribution in [0.1, 0.15) is 28.7 Å². The second-order valence-corrected chi connectivity index (χ2v) is 8.75. The molecule has 0 fully saturated rings. The molecule has 8 heteroatoms. The van der Waals surface area contributed by atoms with Crippen LogP contribution >= 0.6 is 0 Å². The van der Waals surface area contributed by atoms with E-state index in [1.807, 2.05) is 23.1 Å². The molecule has 1 amide bonds. The first-order valence-corrected chi connectivity index (χ1v) is 11.1. The van der Waals surface area contributed by atoms with Crippen molar-refractivity contribution in [2.75, 3.05) is 26.2 Å². The summed E-state index contributed by atoms with van der Waals surface area (Å²) in [5, 5.41) is 0. The van der Waals surface area contributed by atoms with Crippen LogP contribution in [0, 0.1) is 6.92 Å². The zero-order chi connectivity index (χ0) is 23.2. The van der Waals surface area contributed by atoms with Gasteiger partial charge in [-0.3, -0.25) is 19.6 Å². The van der Waals surface area contributed by atoms with Crippen molar-refractivity contribution in [3.05, 3.63) is 82.1 Å². The van der Waals surface area contributed by atoms with Crippen LogP contribution in [0.2, 0.25) is 0 Å². The van der Waals surface area contributed by atoms with Gasteiger partial charge in [-0.1, -0.05) is 48.0 Å². The SMILES string of the molecule is Cc1ccc(CN2C(=O)C3=C(CCN(Cc4ccccc4)C3)N3CCN=C23)c(C(F)(F)F)c1. The van der Waals surface area contributed by atoms with Gasteiger partial charge in [-0.25, -0.2) is 0 Å². The second-order valence-electron chi connectivity index (χ2n) is 8.75. The standard InChI is InChI=1S/C25H25F3N4O/c1-17-7-8-19(21(13-17)25(26,27)28)15-32-23(33)20-16-30(14-18-5-3-2-4-6-18)11-9-22(20)31-12-10-29-24(31)32/h2-8,13H,9-12,14-16H2,1H3. The molecule has 0 bridgehead atoms. The van der Waals surface area contributed by atoms with Crippen molar-refractivity contribution in [3.63, 3.8) is 0 Å². The third-order valence-corrected chi connectivity index (χ3v) is 6.43. The predicted octanol–water partition coefficient (Wildman–Crippen LogP) is 4.19. The van der Waals surface area contributed by atoms with Crippen molar-refractivity contribution in [3.8, 4) is 0 Å². The molecule has 3 heterocycles. The quantitative estimate of drug-likeness (QED) is 0.696. The molecule has 3 aliphatic heterocycles. The number of aliphatic imine (C=N–C) groups is 1. The highest BCUT2D eigenvalue weighted by molar-refractivity contribution is 6.09. The summed E-state index contributed by atoms with van der Waals surface area (Å²) >= 11 is 0. The summed E-state index contributed by atoms with van der Waals surface area (Å²) in [7, 11) is 0. The Morgan fingerprint density at radius 3 is 2.58 bits per heavy atom. The summed E-state index contributed by atoms with van der Waals surface area (Å²) in [5.41, 5.74) is 2.71. The van der Waals surface area contributed by atoms with Crippen molar-refractivity contribution < 1.29 is 18.0 Å². The molecule has 0 aliphatic carbocycles. The monoisotopic (exact) mass is 454 g/mol. The topological polar surface area (TPSA) is 39.2 Å². The maximum absolute atomic E-state index is 13.7.